The summed E-state index contributed by atoms with van der Waals surface area (Å²) in [5.74, 6) is 1.15. The lowest BCUT2D eigenvalue weighted by Gasteiger charge is -2.19. The van der Waals surface area contributed by atoms with E-state index in [0.717, 1.165) is 0 Å². The number of ether oxygens (including phenoxy) is 3. The number of halogens is 1. The van der Waals surface area contributed by atoms with E-state index in [4.69, 9.17) is 25.8 Å². The predicted molar refractivity (Wildman–Crippen MR) is 68.8 cm³/mol. The molecular formula is C12H16ClNO4. The van der Waals surface area contributed by atoms with Crippen LogP contribution in [0.2, 0.25) is 5.02 Å². The summed E-state index contributed by atoms with van der Waals surface area (Å²) in [6.07, 6.45) is -0.532. The van der Waals surface area contributed by atoms with Crippen LogP contribution in [0.4, 0.5) is 5.69 Å². The Morgan fingerprint density at radius 2 is 2.00 bits per heavy atom. The van der Waals surface area contributed by atoms with E-state index >= 15 is 0 Å². The molecule has 2 rings (SSSR count). The summed E-state index contributed by atoms with van der Waals surface area (Å²) in [6.45, 7) is 0.790. The zero-order valence-corrected chi connectivity index (χ0v) is 11.0. The molecule has 0 amide bonds. The number of benzene rings is 1. The van der Waals surface area contributed by atoms with Crippen molar-refractivity contribution in [1.82, 2.24) is 0 Å². The fraction of sp³-hybridized carbons (Fsp3) is 0.500. The van der Waals surface area contributed by atoms with Crippen LogP contribution in [0, 0.1) is 0 Å². The van der Waals surface area contributed by atoms with E-state index in [0.29, 0.717) is 35.4 Å². The van der Waals surface area contributed by atoms with Crippen molar-refractivity contribution in [3.8, 4) is 11.5 Å². The minimum absolute atomic E-state index is 0.164. The largest absolute Gasteiger partial charge is 0.495 e. The molecule has 1 aromatic carbocycles. The zero-order chi connectivity index (χ0) is 13.1. The molecule has 1 heterocycles. The molecule has 2 atom stereocenters. The van der Waals surface area contributed by atoms with Crippen molar-refractivity contribution in [3.63, 3.8) is 0 Å². The standard InChI is InChI=1S/C12H16ClNO4/c1-16-11-4-12(17-2)8(3-7(11)13)14-9-5-18-6-10(9)15/h3-4,9-10,14-15H,5-6H2,1-2H3. The third-order valence-electron chi connectivity index (χ3n) is 2.87. The number of nitrogens with one attached hydrogen (secondary N) is 1. The van der Waals surface area contributed by atoms with Crippen LogP contribution in [-0.2, 0) is 4.74 Å². The van der Waals surface area contributed by atoms with Crippen LogP contribution in [0.3, 0.4) is 0 Å². The second-order valence-corrected chi connectivity index (χ2v) is 4.45. The van der Waals surface area contributed by atoms with Crippen LogP contribution in [-0.4, -0.2) is 44.7 Å². The molecule has 100 valence electrons. The molecule has 6 heteroatoms. The van der Waals surface area contributed by atoms with Gasteiger partial charge in [-0.1, -0.05) is 11.6 Å². The number of aliphatic hydroxyl groups is 1. The zero-order valence-electron chi connectivity index (χ0n) is 10.3. The van der Waals surface area contributed by atoms with E-state index in [1.54, 1.807) is 26.4 Å². The summed E-state index contributed by atoms with van der Waals surface area (Å²) in [6, 6.07) is 3.25. The van der Waals surface area contributed by atoms with Crippen molar-refractivity contribution in [2.75, 3.05) is 32.8 Å². The van der Waals surface area contributed by atoms with Gasteiger partial charge in [0.1, 0.15) is 11.5 Å². The average Bonchev–Trinajstić information content (AvgIpc) is 2.75. The molecule has 2 N–H and O–H groups in total. The van der Waals surface area contributed by atoms with E-state index in [1.807, 2.05) is 0 Å². The van der Waals surface area contributed by atoms with E-state index < -0.39 is 6.10 Å². The number of hydrogen-bond donors (Lipinski definition) is 2. The van der Waals surface area contributed by atoms with Crippen LogP contribution >= 0.6 is 11.6 Å². The molecule has 1 aromatic rings. The fourth-order valence-electron chi connectivity index (χ4n) is 1.85. The highest BCUT2D eigenvalue weighted by atomic mass is 35.5. The first-order valence-electron chi connectivity index (χ1n) is 5.59. The van der Waals surface area contributed by atoms with Crippen LogP contribution in [0.1, 0.15) is 0 Å². The molecule has 0 aliphatic carbocycles. The van der Waals surface area contributed by atoms with Gasteiger partial charge in [0, 0.05) is 6.07 Å². The molecule has 1 saturated heterocycles. The Kier molecular flexibility index (Phi) is 4.16. The highest BCUT2D eigenvalue weighted by Crippen LogP contribution is 2.36. The predicted octanol–water partition coefficient (Wildman–Crippen LogP) is 1.53. The van der Waals surface area contributed by atoms with Crippen LogP contribution in [0.25, 0.3) is 0 Å². The van der Waals surface area contributed by atoms with Crippen LogP contribution < -0.4 is 14.8 Å². The first-order chi connectivity index (χ1) is 8.65. The lowest BCUT2D eigenvalue weighted by Crippen LogP contribution is -2.31. The molecule has 0 aromatic heterocycles. The maximum atomic E-state index is 9.70. The second-order valence-electron chi connectivity index (χ2n) is 4.04. The summed E-state index contributed by atoms with van der Waals surface area (Å²) >= 11 is 6.07. The van der Waals surface area contributed by atoms with Crippen molar-refractivity contribution < 1.29 is 19.3 Å². The summed E-state index contributed by atoms with van der Waals surface area (Å²) in [5.41, 5.74) is 0.706. The number of hydrogen-bond acceptors (Lipinski definition) is 5. The second kappa shape index (κ2) is 5.65. The molecule has 0 radical (unpaired) electrons. The fourth-order valence-corrected chi connectivity index (χ4v) is 2.09. The minimum atomic E-state index is -0.532. The van der Waals surface area contributed by atoms with E-state index in [9.17, 15) is 5.11 Å². The minimum Gasteiger partial charge on any atom is -0.495 e. The van der Waals surface area contributed by atoms with Gasteiger partial charge in [0.2, 0.25) is 0 Å². The quantitative estimate of drug-likeness (QED) is 0.871. The topological polar surface area (TPSA) is 60.0 Å². The highest BCUT2D eigenvalue weighted by molar-refractivity contribution is 6.32. The van der Waals surface area contributed by atoms with E-state index in [2.05, 4.69) is 5.32 Å². The Morgan fingerprint density at radius 1 is 1.28 bits per heavy atom. The maximum Gasteiger partial charge on any atom is 0.145 e. The molecule has 1 aliphatic rings. The van der Waals surface area contributed by atoms with Crippen molar-refractivity contribution in [3.05, 3.63) is 17.2 Å². The molecule has 18 heavy (non-hydrogen) atoms. The molecule has 0 bridgehead atoms. The number of methoxy groups -OCH3 is 2. The lowest BCUT2D eigenvalue weighted by molar-refractivity contribution is 0.125. The van der Waals surface area contributed by atoms with Gasteiger partial charge in [-0.05, 0) is 6.07 Å². The van der Waals surface area contributed by atoms with Gasteiger partial charge in [0.05, 0.1) is 50.3 Å². The Balaban J connectivity index is 2.23. The van der Waals surface area contributed by atoms with Gasteiger partial charge in [-0.2, -0.15) is 0 Å². The summed E-state index contributed by atoms with van der Waals surface area (Å²) in [4.78, 5) is 0. The Labute approximate surface area is 111 Å². The number of anilines is 1. The SMILES string of the molecule is COc1cc(OC)c(NC2COCC2O)cc1Cl. The van der Waals surface area contributed by atoms with Gasteiger partial charge >= 0.3 is 0 Å². The summed E-state index contributed by atoms with van der Waals surface area (Å²) in [7, 11) is 3.11. The average molecular weight is 274 g/mol. The third-order valence-corrected chi connectivity index (χ3v) is 3.16. The molecule has 1 aliphatic heterocycles. The van der Waals surface area contributed by atoms with Crippen molar-refractivity contribution in [2.45, 2.75) is 12.1 Å². The van der Waals surface area contributed by atoms with Crippen LogP contribution in [0.5, 0.6) is 11.5 Å². The Morgan fingerprint density at radius 3 is 2.56 bits per heavy atom. The normalized spacial score (nSPS) is 22.9. The molecule has 5 nitrogen and oxygen atoms in total. The monoisotopic (exact) mass is 273 g/mol. The molecule has 1 fully saturated rings. The molecule has 0 saturated carbocycles. The number of aliphatic hydroxyl groups excluding tert-OH is 1. The highest BCUT2D eigenvalue weighted by Gasteiger charge is 2.27. The molecule has 2 unspecified atom stereocenters. The smallest absolute Gasteiger partial charge is 0.145 e. The third kappa shape index (κ3) is 2.63. The lowest BCUT2D eigenvalue weighted by atomic mass is 10.2. The number of rotatable bonds is 4. The summed E-state index contributed by atoms with van der Waals surface area (Å²) < 4.78 is 15.6. The van der Waals surface area contributed by atoms with Gasteiger partial charge in [0.25, 0.3) is 0 Å². The van der Waals surface area contributed by atoms with Crippen molar-refractivity contribution in [2.24, 2.45) is 0 Å². The van der Waals surface area contributed by atoms with E-state index in [1.165, 1.54) is 0 Å². The van der Waals surface area contributed by atoms with Gasteiger partial charge in [0.15, 0.2) is 0 Å². The first kappa shape index (κ1) is 13.3. The van der Waals surface area contributed by atoms with Gasteiger partial charge in [-0.25, -0.2) is 0 Å². The molecule has 0 spiro atoms. The first-order valence-corrected chi connectivity index (χ1v) is 5.97. The van der Waals surface area contributed by atoms with E-state index in [-0.39, 0.29) is 6.04 Å². The Hall–Kier alpha value is -1.17. The van der Waals surface area contributed by atoms with Gasteiger partial charge < -0.3 is 24.6 Å². The Bertz CT molecular complexity index is 427. The van der Waals surface area contributed by atoms with Crippen molar-refractivity contribution in [1.29, 1.82) is 0 Å². The summed E-state index contributed by atoms with van der Waals surface area (Å²) in [5, 5.41) is 13.3. The maximum absolute atomic E-state index is 9.70. The molecular weight excluding hydrogens is 258 g/mol. The van der Waals surface area contributed by atoms with Gasteiger partial charge in [-0.3, -0.25) is 0 Å². The van der Waals surface area contributed by atoms with Crippen molar-refractivity contribution >= 4 is 17.3 Å². The van der Waals surface area contributed by atoms with Gasteiger partial charge in [-0.15, -0.1) is 0 Å². The van der Waals surface area contributed by atoms with Crippen LogP contribution in [0.15, 0.2) is 12.1 Å².